The predicted octanol–water partition coefficient (Wildman–Crippen LogP) is 5.13. The van der Waals surface area contributed by atoms with Gasteiger partial charge in [0.2, 0.25) is 11.8 Å². The van der Waals surface area contributed by atoms with Crippen molar-refractivity contribution in [2.45, 2.75) is 30.0 Å². The Labute approximate surface area is 280 Å². The van der Waals surface area contributed by atoms with E-state index < -0.39 is 41.1 Å². The summed E-state index contributed by atoms with van der Waals surface area (Å²) in [5.74, 6) is -0.663. The van der Waals surface area contributed by atoms with Gasteiger partial charge < -0.3 is 24.1 Å². The molecular formula is C38H32N2O7S. The Kier molecular flexibility index (Phi) is 8.98. The third-order valence-corrected chi connectivity index (χ3v) is 10.0. The van der Waals surface area contributed by atoms with Gasteiger partial charge in [-0.1, -0.05) is 91.0 Å². The number of carbonyl (C=O) groups is 3. The van der Waals surface area contributed by atoms with Crippen LogP contribution < -0.4 is 15.7 Å². The van der Waals surface area contributed by atoms with Gasteiger partial charge in [0.05, 0.1) is 13.0 Å². The van der Waals surface area contributed by atoms with Crippen LogP contribution in [0.2, 0.25) is 0 Å². The first-order valence-corrected chi connectivity index (χ1v) is 16.7. The number of carbonyl (C=O) groups excluding carboxylic acids is 3. The highest BCUT2D eigenvalue weighted by atomic mass is 32.2. The first-order valence-electron chi connectivity index (χ1n) is 15.7. The lowest BCUT2D eigenvalue weighted by atomic mass is 9.93. The van der Waals surface area contributed by atoms with E-state index >= 15 is 0 Å². The Morgan fingerprint density at radius 1 is 0.854 bits per heavy atom. The zero-order valence-electron chi connectivity index (χ0n) is 25.8. The number of β-lactam (4-membered cyclic amide) rings is 1. The van der Waals surface area contributed by atoms with E-state index in [1.165, 1.54) is 22.7 Å². The monoisotopic (exact) mass is 660 g/mol. The average Bonchev–Trinajstić information content (AvgIpc) is 3.12. The molecule has 4 atom stereocenters. The first-order chi connectivity index (χ1) is 23.4. The second-order valence-corrected chi connectivity index (χ2v) is 12.9. The molecule has 0 saturated carbocycles. The summed E-state index contributed by atoms with van der Waals surface area (Å²) in [4.78, 5) is 54.2. The maximum Gasteiger partial charge on any atom is 0.336 e. The van der Waals surface area contributed by atoms with Crippen LogP contribution >= 0.6 is 11.8 Å². The molecule has 0 aliphatic carbocycles. The average molecular weight is 661 g/mol. The predicted molar refractivity (Wildman–Crippen MR) is 181 cm³/mol. The molecule has 0 spiro atoms. The quantitative estimate of drug-likeness (QED) is 0.125. The van der Waals surface area contributed by atoms with Crippen molar-refractivity contribution in [2.24, 2.45) is 5.92 Å². The maximum atomic E-state index is 14.3. The summed E-state index contributed by atoms with van der Waals surface area (Å²) in [5.41, 5.74) is 2.35. The molecule has 0 bridgehead atoms. The number of hydrogen-bond donors (Lipinski definition) is 1. The van der Waals surface area contributed by atoms with Crippen LogP contribution in [0.5, 0.6) is 5.75 Å². The van der Waals surface area contributed by atoms with Crippen LogP contribution in [-0.4, -0.2) is 52.5 Å². The van der Waals surface area contributed by atoms with Crippen LogP contribution in [0.4, 0.5) is 0 Å². The fourth-order valence-corrected chi connectivity index (χ4v) is 7.68. The van der Waals surface area contributed by atoms with E-state index in [9.17, 15) is 19.2 Å². The van der Waals surface area contributed by atoms with Crippen LogP contribution in [0.25, 0.3) is 11.0 Å². The minimum absolute atomic E-state index is 0.0954. The van der Waals surface area contributed by atoms with E-state index in [1.807, 2.05) is 91.0 Å². The van der Waals surface area contributed by atoms with Crippen molar-refractivity contribution >= 4 is 40.5 Å². The smallest absolute Gasteiger partial charge is 0.336 e. The highest BCUT2D eigenvalue weighted by molar-refractivity contribution is 8.00. The van der Waals surface area contributed by atoms with Crippen molar-refractivity contribution in [3.63, 3.8) is 0 Å². The van der Waals surface area contributed by atoms with Crippen LogP contribution in [0.1, 0.15) is 22.8 Å². The summed E-state index contributed by atoms with van der Waals surface area (Å²) < 4.78 is 17.8. The summed E-state index contributed by atoms with van der Waals surface area (Å²) in [6.07, 6.45) is -0.554. The molecular weight excluding hydrogens is 628 g/mol. The SMILES string of the molecule is O=C(Cc1ccccc1)N[C@@H]1C(=O)N2C(C(=O)OC(c3ccccc3)c3ccccc3)C(COc3ccc4ccc(=O)oc4c3)CS[C@H]12. The lowest BCUT2D eigenvalue weighted by Crippen LogP contribution is -2.76. The Hall–Kier alpha value is -5.35. The highest BCUT2D eigenvalue weighted by Gasteiger charge is 2.58. The zero-order chi connectivity index (χ0) is 33.0. The molecule has 4 aromatic carbocycles. The molecule has 5 aromatic rings. The summed E-state index contributed by atoms with van der Waals surface area (Å²) in [6, 6.07) is 34.8. The van der Waals surface area contributed by atoms with Crippen LogP contribution in [0, 0.1) is 5.92 Å². The van der Waals surface area contributed by atoms with E-state index in [0.29, 0.717) is 17.1 Å². The van der Waals surface area contributed by atoms with Gasteiger partial charge in [0.15, 0.2) is 6.10 Å². The van der Waals surface area contributed by atoms with Crippen molar-refractivity contribution < 1.29 is 28.3 Å². The van der Waals surface area contributed by atoms with Crippen molar-refractivity contribution in [3.8, 4) is 5.75 Å². The van der Waals surface area contributed by atoms with Gasteiger partial charge in [-0.25, -0.2) is 9.59 Å². The molecule has 9 nitrogen and oxygen atoms in total. The fourth-order valence-electron chi connectivity index (χ4n) is 6.19. The Morgan fingerprint density at radius 2 is 1.50 bits per heavy atom. The molecule has 1 aromatic heterocycles. The number of rotatable bonds is 10. The molecule has 10 heteroatoms. The van der Waals surface area contributed by atoms with E-state index in [4.69, 9.17) is 13.9 Å². The minimum atomic E-state index is -0.959. The van der Waals surface area contributed by atoms with Gasteiger partial charge >= 0.3 is 11.6 Å². The van der Waals surface area contributed by atoms with Gasteiger partial charge in [0.1, 0.15) is 28.8 Å². The van der Waals surface area contributed by atoms with E-state index in [2.05, 4.69) is 5.32 Å². The van der Waals surface area contributed by atoms with Crippen LogP contribution in [0.3, 0.4) is 0 Å². The first kappa shape index (κ1) is 31.3. The van der Waals surface area contributed by atoms with Gasteiger partial charge in [-0.15, -0.1) is 11.8 Å². The highest BCUT2D eigenvalue weighted by Crippen LogP contribution is 2.42. The van der Waals surface area contributed by atoms with Gasteiger partial charge in [-0.3, -0.25) is 9.59 Å². The number of ether oxygens (including phenoxy) is 2. The molecule has 2 aliphatic rings. The second kappa shape index (κ2) is 13.8. The number of fused-ring (bicyclic) bond motifs is 2. The topological polar surface area (TPSA) is 115 Å². The molecule has 7 rings (SSSR count). The van der Waals surface area contributed by atoms with Crippen molar-refractivity contribution in [1.82, 2.24) is 10.2 Å². The molecule has 48 heavy (non-hydrogen) atoms. The molecule has 2 aliphatic heterocycles. The number of thioether (sulfide) groups is 1. The Bertz CT molecular complexity index is 1950. The lowest BCUT2D eigenvalue weighted by Gasteiger charge is -2.54. The molecule has 242 valence electrons. The molecule has 2 saturated heterocycles. The molecule has 2 unspecified atom stereocenters. The van der Waals surface area contributed by atoms with E-state index in [-0.39, 0.29) is 24.8 Å². The summed E-state index contributed by atoms with van der Waals surface area (Å²) in [6.45, 7) is 0.0954. The molecule has 3 heterocycles. The minimum Gasteiger partial charge on any atom is -0.493 e. The maximum absolute atomic E-state index is 14.3. The number of hydrogen-bond acceptors (Lipinski definition) is 8. The summed E-state index contributed by atoms with van der Waals surface area (Å²) in [5, 5.41) is 3.20. The number of nitrogens with one attached hydrogen (secondary N) is 1. The van der Waals surface area contributed by atoms with Crippen molar-refractivity contribution in [2.75, 3.05) is 12.4 Å². The zero-order valence-corrected chi connectivity index (χ0v) is 26.6. The van der Waals surface area contributed by atoms with Gasteiger partial charge in [-0.2, -0.15) is 0 Å². The standard InChI is InChI=1S/C38H32N2O7S/c41-31(20-24-10-4-1-5-11-24)39-33-36(43)40-34(38(44)47-35(26-12-6-2-7-13-26)27-14-8-3-9-15-27)28(23-48-37(33)40)22-45-29-18-16-25-17-19-32(42)46-30(25)21-29/h1-19,21,28,33-35,37H,20,22-23H2,(H,39,41)/t28?,33-,34?,37-/m1/s1. The third-order valence-electron chi connectivity index (χ3n) is 8.57. The Morgan fingerprint density at radius 3 is 2.19 bits per heavy atom. The lowest BCUT2D eigenvalue weighted by molar-refractivity contribution is -0.171. The van der Waals surface area contributed by atoms with E-state index in [1.54, 1.807) is 24.3 Å². The van der Waals surface area contributed by atoms with Gasteiger partial charge in [0, 0.05) is 29.2 Å². The fraction of sp³-hybridized carbons (Fsp3) is 0.211. The van der Waals surface area contributed by atoms with Crippen LogP contribution in [0.15, 0.2) is 131 Å². The normalized spacial score (nSPS) is 20.1. The van der Waals surface area contributed by atoms with Gasteiger partial charge in [-0.05, 0) is 34.9 Å². The largest absolute Gasteiger partial charge is 0.493 e. The molecule has 1 N–H and O–H groups in total. The third kappa shape index (κ3) is 6.57. The van der Waals surface area contributed by atoms with Gasteiger partial charge in [0.25, 0.3) is 0 Å². The number of nitrogens with zero attached hydrogens (tertiary/aromatic N) is 1. The summed E-state index contributed by atoms with van der Waals surface area (Å²) in [7, 11) is 0. The second-order valence-electron chi connectivity index (χ2n) is 11.8. The van der Waals surface area contributed by atoms with E-state index in [0.717, 1.165) is 22.1 Å². The molecule has 2 amide bonds. The van der Waals surface area contributed by atoms with Crippen molar-refractivity contribution in [3.05, 3.63) is 148 Å². The number of amides is 2. The van der Waals surface area contributed by atoms with Crippen molar-refractivity contribution in [1.29, 1.82) is 0 Å². The number of benzene rings is 4. The molecule has 0 radical (unpaired) electrons. The number of esters is 1. The summed E-state index contributed by atoms with van der Waals surface area (Å²) >= 11 is 1.50. The Balaban J connectivity index is 1.13. The van der Waals surface area contributed by atoms with Crippen LogP contribution in [-0.2, 0) is 25.5 Å². The molecule has 2 fully saturated rings.